The maximum Gasteiger partial charge on any atom is 0.322 e. The molecule has 1 atom stereocenters. The molecule has 0 aliphatic heterocycles. The van der Waals surface area contributed by atoms with Gasteiger partial charge in [0, 0.05) is 6.16 Å². The van der Waals surface area contributed by atoms with E-state index in [-0.39, 0.29) is 12.6 Å². The zero-order valence-electron chi connectivity index (χ0n) is 6.23. The molecule has 0 amide bonds. The Morgan fingerprint density at radius 1 is 1.73 bits per heavy atom. The van der Waals surface area contributed by atoms with Gasteiger partial charge < -0.3 is 20.3 Å². The maximum absolute atomic E-state index is 10.6. The van der Waals surface area contributed by atoms with Crippen molar-refractivity contribution in [2.24, 2.45) is 5.73 Å². The lowest BCUT2D eigenvalue weighted by molar-refractivity contribution is -0.142. The summed E-state index contributed by atoms with van der Waals surface area (Å²) in [6.07, 6.45) is 0.386. The number of carbonyl (C=O) groups is 1. The lowest BCUT2D eigenvalue weighted by atomic mass is 10.2. The number of hydrogen-bond acceptors (Lipinski definition) is 5. The number of carbonyl (C=O) groups excluding carboxylic acids is 1. The Balaban J connectivity index is 3.52. The molecule has 6 heteroatoms. The predicted octanol–water partition coefficient (Wildman–Crippen LogP) is -0.827. The molecule has 0 saturated heterocycles. The molecule has 11 heavy (non-hydrogen) atoms. The topological polar surface area (TPSA) is 92.8 Å². The summed E-state index contributed by atoms with van der Waals surface area (Å²) in [6.45, 7) is 0. The Bertz CT molecular complexity index is 130. The van der Waals surface area contributed by atoms with E-state index in [1.807, 2.05) is 0 Å². The van der Waals surface area contributed by atoms with E-state index >= 15 is 0 Å². The highest BCUT2D eigenvalue weighted by atomic mass is 31.2. The van der Waals surface area contributed by atoms with Gasteiger partial charge in [0.25, 0.3) is 0 Å². The first-order valence-corrected chi connectivity index (χ1v) is 4.50. The van der Waals surface area contributed by atoms with Gasteiger partial charge in [0.15, 0.2) is 8.38 Å². The van der Waals surface area contributed by atoms with Crippen molar-refractivity contribution in [2.45, 2.75) is 12.5 Å². The van der Waals surface area contributed by atoms with Crippen LogP contribution in [0.3, 0.4) is 0 Å². The number of ether oxygens (including phenoxy) is 1. The van der Waals surface area contributed by atoms with E-state index in [1.54, 1.807) is 0 Å². The first-order chi connectivity index (χ1) is 5.07. The molecule has 0 rings (SSSR count). The number of nitrogens with two attached hydrogens (primary N) is 1. The van der Waals surface area contributed by atoms with Crippen LogP contribution in [-0.2, 0) is 9.53 Å². The number of rotatable bonds is 4. The first-order valence-electron chi connectivity index (χ1n) is 3.06. The third-order valence-electron chi connectivity index (χ3n) is 1.14. The molecular formula is C5H12NO4P. The minimum Gasteiger partial charge on any atom is -0.468 e. The molecule has 0 aromatic carbocycles. The number of esters is 1. The largest absolute Gasteiger partial charge is 0.468 e. The van der Waals surface area contributed by atoms with Crippen LogP contribution in [0.2, 0.25) is 0 Å². The standard InChI is InChI=1S/C5H12NO4P/c1-10-5(7)4(6)2-3-11(8)9/h4,8-9H,2-3,6H2,1H3. The van der Waals surface area contributed by atoms with Gasteiger partial charge in [-0.25, -0.2) is 0 Å². The average molecular weight is 181 g/mol. The molecule has 0 saturated carbocycles. The highest BCUT2D eigenvalue weighted by Gasteiger charge is 2.14. The van der Waals surface area contributed by atoms with Crippen LogP contribution in [0.1, 0.15) is 6.42 Å². The molecule has 0 fully saturated rings. The van der Waals surface area contributed by atoms with Gasteiger partial charge in [-0.15, -0.1) is 0 Å². The van der Waals surface area contributed by atoms with Crippen molar-refractivity contribution in [3.63, 3.8) is 0 Å². The van der Waals surface area contributed by atoms with Gasteiger partial charge in [0.05, 0.1) is 7.11 Å². The van der Waals surface area contributed by atoms with E-state index in [4.69, 9.17) is 15.5 Å². The van der Waals surface area contributed by atoms with Crippen molar-refractivity contribution < 1.29 is 19.3 Å². The second-order valence-corrected chi connectivity index (χ2v) is 3.21. The predicted molar refractivity (Wildman–Crippen MR) is 40.8 cm³/mol. The van der Waals surface area contributed by atoms with Gasteiger partial charge in [-0.2, -0.15) is 0 Å². The molecule has 5 nitrogen and oxygen atoms in total. The van der Waals surface area contributed by atoms with Crippen molar-refractivity contribution >= 4 is 14.3 Å². The lowest BCUT2D eigenvalue weighted by Gasteiger charge is -2.08. The van der Waals surface area contributed by atoms with Crippen LogP contribution in [0.25, 0.3) is 0 Å². The molecule has 66 valence electrons. The van der Waals surface area contributed by atoms with E-state index in [0.29, 0.717) is 0 Å². The first kappa shape index (κ1) is 10.8. The quantitative estimate of drug-likeness (QED) is 0.389. The Kier molecular flexibility index (Phi) is 5.32. The fraction of sp³-hybridized carbons (Fsp3) is 0.800. The third kappa shape index (κ3) is 5.09. The highest BCUT2D eigenvalue weighted by molar-refractivity contribution is 7.45. The molecule has 1 unspecified atom stereocenters. The third-order valence-corrected chi connectivity index (χ3v) is 1.80. The Labute approximate surface area is 66.1 Å². The summed E-state index contributed by atoms with van der Waals surface area (Å²) >= 11 is 0. The summed E-state index contributed by atoms with van der Waals surface area (Å²) in [5, 5.41) is 0. The Hall–Kier alpha value is -0.220. The second kappa shape index (κ2) is 5.43. The fourth-order valence-electron chi connectivity index (χ4n) is 0.524. The molecule has 0 aliphatic carbocycles. The highest BCUT2D eigenvalue weighted by Crippen LogP contribution is 2.23. The van der Waals surface area contributed by atoms with E-state index < -0.39 is 20.4 Å². The minimum atomic E-state index is -1.95. The normalized spacial score (nSPS) is 13.2. The van der Waals surface area contributed by atoms with Gasteiger partial charge in [0.2, 0.25) is 0 Å². The van der Waals surface area contributed by atoms with Crippen LogP contribution in [0.15, 0.2) is 0 Å². The fourth-order valence-corrected chi connectivity index (χ4v) is 1.03. The monoisotopic (exact) mass is 181 g/mol. The molecule has 0 radical (unpaired) electrons. The van der Waals surface area contributed by atoms with Gasteiger partial charge >= 0.3 is 5.97 Å². The van der Waals surface area contributed by atoms with E-state index in [9.17, 15) is 4.79 Å². The SMILES string of the molecule is COC(=O)C(N)CCP(O)O. The minimum absolute atomic E-state index is 0.144. The average Bonchev–Trinajstić information content (AvgIpc) is 1.98. The molecular weight excluding hydrogens is 169 g/mol. The molecule has 0 heterocycles. The summed E-state index contributed by atoms with van der Waals surface area (Å²) in [7, 11) is -0.712. The zero-order chi connectivity index (χ0) is 8.85. The number of methoxy groups -OCH3 is 1. The van der Waals surface area contributed by atoms with Gasteiger partial charge in [-0.3, -0.25) is 4.79 Å². The molecule has 4 N–H and O–H groups in total. The van der Waals surface area contributed by atoms with Gasteiger partial charge in [-0.05, 0) is 6.42 Å². The molecule has 0 aromatic heterocycles. The lowest BCUT2D eigenvalue weighted by Crippen LogP contribution is -2.32. The number of hydrogen-bond donors (Lipinski definition) is 3. The van der Waals surface area contributed by atoms with Crippen LogP contribution < -0.4 is 5.73 Å². The van der Waals surface area contributed by atoms with Crippen LogP contribution in [0.4, 0.5) is 0 Å². The van der Waals surface area contributed by atoms with Crippen molar-refractivity contribution in [3.8, 4) is 0 Å². The molecule has 0 spiro atoms. The van der Waals surface area contributed by atoms with Crippen molar-refractivity contribution in [2.75, 3.05) is 13.3 Å². The van der Waals surface area contributed by atoms with Crippen LogP contribution in [-0.4, -0.2) is 35.1 Å². The van der Waals surface area contributed by atoms with Gasteiger partial charge in [-0.1, -0.05) is 0 Å². The summed E-state index contributed by atoms with van der Waals surface area (Å²) in [4.78, 5) is 27.6. The van der Waals surface area contributed by atoms with Crippen LogP contribution >= 0.6 is 8.38 Å². The van der Waals surface area contributed by atoms with E-state index in [0.717, 1.165) is 0 Å². The summed E-state index contributed by atoms with van der Waals surface area (Å²) in [6, 6.07) is -0.746. The van der Waals surface area contributed by atoms with E-state index in [2.05, 4.69) is 4.74 Å². The van der Waals surface area contributed by atoms with Crippen molar-refractivity contribution in [3.05, 3.63) is 0 Å². The van der Waals surface area contributed by atoms with Crippen LogP contribution in [0, 0.1) is 0 Å². The summed E-state index contributed by atoms with van der Waals surface area (Å²) in [5.41, 5.74) is 5.29. The van der Waals surface area contributed by atoms with E-state index in [1.165, 1.54) is 7.11 Å². The Morgan fingerprint density at radius 3 is 2.64 bits per heavy atom. The van der Waals surface area contributed by atoms with Crippen molar-refractivity contribution in [1.29, 1.82) is 0 Å². The van der Waals surface area contributed by atoms with Gasteiger partial charge in [0.1, 0.15) is 6.04 Å². The molecule has 0 aromatic rings. The Morgan fingerprint density at radius 2 is 2.27 bits per heavy atom. The smallest absolute Gasteiger partial charge is 0.322 e. The summed E-state index contributed by atoms with van der Waals surface area (Å²) < 4.78 is 4.32. The van der Waals surface area contributed by atoms with Crippen molar-refractivity contribution in [1.82, 2.24) is 0 Å². The molecule has 0 aliphatic rings. The molecule has 0 bridgehead atoms. The van der Waals surface area contributed by atoms with Crippen LogP contribution in [0.5, 0.6) is 0 Å². The zero-order valence-corrected chi connectivity index (χ0v) is 7.12. The second-order valence-electron chi connectivity index (χ2n) is 2.01. The maximum atomic E-state index is 10.6. The summed E-state index contributed by atoms with van der Waals surface area (Å²) in [5.74, 6) is -0.526.